The normalized spacial score (nSPS) is 27.5. The van der Waals surface area contributed by atoms with Crippen molar-refractivity contribution in [1.29, 1.82) is 0 Å². The summed E-state index contributed by atoms with van der Waals surface area (Å²) in [6.07, 6.45) is 4.31. The second-order valence-electron chi connectivity index (χ2n) is 5.89. The van der Waals surface area contributed by atoms with E-state index in [1.54, 1.807) is 0 Å². The first-order valence-electron chi connectivity index (χ1n) is 6.90. The van der Waals surface area contributed by atoms with Crippen molar-refractivity contribution in [1.82, 2.24) is 0 Å². The van der Waals surface area contributed by atoms with Crippen molar-refractivity contribution in [2.45, 2.75) is 45.1 Å². The van der Waals surface area contributed by atoms with E-state index >= 15 is 0 Å². The molecule has 1 aromatic carbocycles. The minimum Gasteiger partial charge on any atom is -0.315 e. The largest absolute Gasteiger partial charge is 0.315 e. The van der Waals surface area contributed by atoms with Crippen LogP contribution in [0.1, 0.15) is 45.1 Å². The van der Waals surface area contributed by atoms with E-state index in [1.165, 1.54) is 0 Å². The third-order valence-electron chi connectivity index (χ3n) is 4.27. The van der Waals surface area contributed by atoms with E-state index < -0.39 is 5.54 Å². The molecule has 0 aromatic heterocycles. The van der Waals surface area contributed by atoms with Crippen LogP contribution < -0.4 is 5.73 Å². The summed E-state index contributed by atoms with van der Waals surface area (Å²) in [6.45, 7) is 4.11. The van der Waals surface area contributed by atoms with Gasteiger partial charge in [0.1, 0.15) is 0 Å². The van der Waals surface area contributed by atoms with Crippen molar-refractivity contribution in [2.24, 2.45) is 17.6 Å². The molecule has 0 radical (unpaired) electrons. The van der Waals surface area contributed by atoms with Gasteiger partial charge in [-0.1, -0.05) is 50.1 Å². The average molecular weight is 245 g/mol. The Bertz CT molecular complexity index is 402. The molecule has 0 bridgehead atoms. The number of nitrogens with two attached hydrogens (primary N) is 1. The number of benzene rings is 1. The number of carbonyl (C=O) groups excluding carboxylic acids is 1. The number of Topliss-reactive ketones (excluding diaryl/α,β-unsaturated/α-hetero) is 1. The molecule has 1 aromatic rings. The number of rotatable bonds is 3. The summed E-state index contributed by atoms with van der Waals surface area (Å²) in [6, 6.07) is 9.73. The lowest BCUT2D eigenvalue weighted by Crippen LogP contribution is -2.46. The molecule has 0 amide bonds. The van der Waals surface area contributed by atoms with Gasteiger partial charge in [-0.25, -0.2) is 0 Å². The predicted molar refractivity (Wildman–Crippen MR) is 74.1 cm³/mol. The van der Waals surface area contributed by atoms with Gasteiger partial charge in [0.15, 0.2) is 5.78 Å². The molecule has 98 valence electrons. The van der Waals surface area contributed by atoms with Crippen LogP contribution >= 0.6 is 0 Å². The smallest absolute Gasteiger partial charge is 0.159 e. The topological polar surface area (TPSA) is 43.1 Å². The number of hydrogen-bond acceptors (Lipinski definition) is 2. The van der Waals surface area contributed by atoms with Gasteiger partial charge in [-0.3, -0.25) is 4.79 Å². The van der Waals surface area contributed by atoms with Crippen LogP contribution in [-0.4, -0.2) is 5.78 Å². The Morgan fingerprint density at radius 1 is 1.17 bits per heavy atom. The lowest BCUT2D eigenvalue weighted by Gasteiger charge is -2.32. The molecule has 2 rings (SSSR count). The highest BCUT2D eigenvalue weighted by atomic mass is 16.1. The van der Waals surface area contributed by atoms with Crippen LogP contribution in [0.25, 0.3) is 0 Å². The van der Waals surface area contributed by atoms with Crippen molar-refractivity contribution >= 4 is 5.78 Å². The molecule has 0 aliphatic heterocycles. The van der Waals surface area contributed by atoms with Crippen LogP contribution in [0.4, 0.5) is 0 Å². The Morgan fingerprint density at radius 3 is 2.28 bits per heavy atom. The molecule has 0 saturated heterocycles. The van der Waals surface area contributed by atoms with Gasteiger partial charge < -0.3 is 5.73 Å². The highest BCUT2D eigenvalue weighted by molar-refractivity contribution is 5.91. The first kappa shape index (κ1) is 13.3. The molecule has 2 N–H and O–H groups in total. The molecule has 2 nitrogen and oxygen atoms in total. The molecule has 2 heteroatoms. The molecule has 1 saturated carbocycles. The molecule has 1 atom stereocenters. The summed E-state index contributed by atoms with van der Waals surface area (Å²) < 4.78 is 0. The second-order valence-corrected chi connectivity index (χ2v) is 5.89. The van der Waals surface area contributed by atoms with E-state index in [1.807, 2.05) is 37.3 Å². The molecule has 1 aliphatic carbocycles. The molecule has 0 spiro atoms. The summed E-state index contributed by atoms with van der Waals surface area (Å²) in [5.74, 6) is 1.12. The van der Waals surface area contributed by atoms with Gasteiger partial charge in [0.25, 0.3) is 0 Å². The second kappa shape index (κ2) is 5.23. The van der Waals surface area contributed by atoms with Crippen LogP contribution in [0.2, 0.25) is 0 Å². The van der Waals surface area contributed by atoms with Crippen molar-refractivity contribution < 1.29 is 4.79 Å². The van der Waals surface area contributed by atoms with Crippen LogP contribution in [0.15, 0.2) is 30.3 Å². The van der Waals surface area contributed by atoms with Gasteiger partial charge in [-0.05, 0) is 31.2 Å². The quantitative estimate of drug-likeness (QED) is 0.888. The van der Waals surface area contributed by atoms with Crippen molar-refractivity contribution in [3.63, 3.8) is 0 Å². The van der Waals surface area contributed by atoms with E-state index in [4.69, 9.17) is 5.73 Å². The summed E-state index contributed by atoms with van der Waals surface area (Å²) in [5.41, 5.74) is 6.38. The van der Waals surface area contributed by atoms with Gasteiger partial charge in [0.05, 0.1) is 5.54 Å². The van der Waals surface area contributed by atoms with Crippen LogP contribution in [0, 0.1) is 11.8 Å². The molecular formula is C16H23NO. The molecule has 0 heterocycles. The zero-order valence-corrected chi connectivity index (χ0v) is 11.4. The number of hydrogen-bond donors (Lipinski definition) is 1. The van der Waals surface area contributed by atoms with Crippen LogP contribution in [0.3, 0.4) is 0 Å². The Morgan fingerprint density at radius 2 is 1.72 bits per heavy atom. The van der Waals surface area contributed by atoms with E-state index in [9.17, 15) is 4.79 Å². The molecular weight excluding hydrogens is 222 g/mol. The minimum atomic E-state index is -0.841. The van der Waals surface area contributed by atoms with Gasteiger partial charge >= 0.3 is 0 Å². The van der Waals surface area contributed by atoms with Gasteiger partial charge in [-0.2, -0.15) is 0 Å². The molecule has 1 fully saturated rings. The number of carbonyl (C=O) groups is 1. The zero-order valence-electron chi connectivity index (χ0n) is 11.4. The summed E-state index contributed by atoms with van der Waals surface area (Å²) in [4.78, 5) is 12.6. The van der Waals surface area contributed by atoms with Crippen molar-refractivity contribution in [3.8, 4) is 0 Å². The van der Waals surface area contributed by atoms with Gasteiger partial charge in [0.2, 0.25) is 0 Å². The lowest BCUT2D eigenvalue weighted by atomic mass is 9.74. The van der Waals surface area contributed by atoms with Gasteiger partial charge in [0, 0.05) is 5.92 Å². The first-order valence-corrected chi connectivity index (χ1v) is 6.90. The van der Waals surface area contributed by atoms with E-state index in [-0.39, 0.29) is 11.7 Å². The predicted octanol–water partition coefficient (Wildman–Crippen LogP) is 3.26. The lowest BCUT2D eigenvalue weighted by molar-refractivity contribution is -0.129. The first-order chi connectivity index (χ1) is 8.51. The summed E-state index contributed by atoms with van der Waals surface area (Å²) in [5, 5.41) is 0. The van der Waals surface area contributed by atoms with Crippen molar-refractivity contribution in [3.05, 3.63) is 35.9 Å². The third kappa shape index (κ3) is 2.64. The Hall–Kier alpha value is -1.15. The fraction of sp³-hybridized carbons (Fsp3) is 0.562. The third-order valence-corrected chi connectivity index (χ3v) is 4.27. The molecule has 1 unspecified atom stereocenters. The highest BCUT2D eigenvalue weighted by Crippen LogP contribution is 2.33. The zero-order chi connectivity index (χ0) is 13.2. The monoisotopic (exact) mass is 245 g/mol. The Kier molecular flexibility index (Phi) is 3.86. The van der Waals surface area contributed by atoms with E-state index in [0.717, 1.165) is 37.2 Å². The highest BCUT2D eigenvalue weighted by Gasteiger charge is 2.36. The molecule has 1 aliphatic rings. The fourth-order valence-electron chi connectivity index (χ4n) is 2.87. The molecule has 18 heavy (non-hydrogen) atoms. The van der Waals surface area contributed by atoms with Crippen LogP contribution in [-0.2, 0) is 10.3 Å². The summed E-state index contributed by atoms with van der Waals surface area (Å²) >= 11 is 0. The van der Waals surface area contributed by atoms with Crippen LogP contribution in [0.5, 0.6) is 0 Å². The maximum absolute atomic E-state index is 12.6. The standard InChI is InChI=1S/C16H23NO/c1-12-8-10-13(11-9-12)15(18)16(2,17)14-6-4-3-5-7-14/h3-7,12-13H,8-11,17H2,1-2H3. The van der Waals surface area contributed by atoms with Gasteiger partial charge in [-0.15, -0.1) is 0 Å². The SMILES string of the molecule is CC1CCC(C(=O)C(C)(N)c2ccccc2)CC1. The van der Waals surface area contributed by atoms with E-state index in [2.05, 4.69) is 6.92 Å². The minimum absolute atomic E-state index is 0.149. The fourth-order valence-corrected chi connectivity index (χ4v) is 2.87. The average Bonchev–Trinajstić information content (AvgIpc) is 2.40. The Balaban J connectivity index is 2.13. The van der Waals surface area contributed by atoms with E-state index in [0.29, 0.717) is 0 Å². The summed E-state index contributed by atoms with van der Waals surface area (Å²) in [7, 11) is 0. The maximum Gasteiger partial charge on any atom is 0.159 e. The van der Waals surface area contributed by atoms with Crippen molar-refractivity contribution in [2.75, 3.05) is 0 Å². The number of ketones is 1. The maximum atomic E-state index is 12.6. The Labute approximate surface area is 110 Å².